The lowest BCUT2D eigenvalue weighted by atomic mass is 10.1. The van der Waals surface area contributed by atoms with Crippen LogP contribution in [0.5, 0.6) is 5.75 Å². The lowest BCUT2D eigenvalue weighted by Crippen LogP contribution is -2.19. The highest BCUT2D eigenvalue weighted by Crippen LogP contribution is 2.31. The summed E-state index contributed by atoms with van der Waals surface area (Å²) in [7, 11) is 4.10. The molecule has 0 atom stereocenters. The van der Waals surface area contributed by atoms with Crippen LogP contribution in [0.15, 0.2) is 48.0 Å². The van der Waals surface area contributed by atoms with E-state index >= 15 is 0 Å². The summed E-state index contributed by atoms with van der Waals surface area (Å²) in [6.45, 7) is 3.45. The molecule has 2 aromatic rings. The summed E-state index contributed by atoms with van der Waals surface area (Å²) >= 11 is 12.2. The average molecular weight is 391 g/mol. The molecule has 0 amide bonds. The predicted octanol–water partition coefficient (Wildman–Crippen LogP) is 5.23. The van der Waals surface area contributed by atoms with Gasteiger partial charge in [0, 0.05) is 30.9 Å². The Labute approximate surface area is 165 Å². The van der Waals surface area contributed by atoms with Crippen molar-refractivity contribution in [1.29, 1.82) is 0 Å². The van der Waals surface area contributed by atoms with Crippen LogP contribution in [-0.4, -0.2) is 45.2 Å². The van der Waals surface area contributed by atoms with Gasteiger partial charge >= 0.3 is 0 Å². The van der Waals surface area contributed by atoms with Gasteiger partial charge in [-0.15, -0.1) is 0 Å². The molecule has 0 unspecified atom stereocenters. The van der Waals surface area contributed by atoms with Gasteiger partial charge < -0.3 is 14.5 Å². The summed E-state index contributed by atoms with van der Waals surface area (Å²) in [5.74, 6) is 0.940. The Kier molecular flexibility index (Phi) is 6.47. The highest BCUT2D eigenvalue weighted by molar-refractivity contribution is 6.42. The smallest absolute Gasteiger partial charge is 0.126 e. The van der Waals surface area contributed by atoms with E-state index < -0.39 is 0 Å². The van der Waals surface area contributed by atoms with E-state index in [9.17, 15) is 0 Å². The van der Waals surface area contributed by atoms with Crippen molar-refractivity contribution in [1.82, 2.24) is 4.90 Å². The second kappa shape index (κ2) is 8.81. The zero-order chi connectivity index (χ0) is 18.5. The van der Waals surface area contributed by atoms with Crippen molar-refractivity contribution >= 4 is 35.0 Å². The Bertz CT molecular complexity index is 789. The summed E-state index contributed by atoms with van der Waals surface area (Å²) in [5.41, 5.74) is 3.63. The second-order valence-corrected chi connectivity index (χ2v) is 7.58. The summed E-state index contributed by atoms with van der Waals surface area (Å²) in [6.07, 6.45) is 3.29. The third kappa shape index (κ3) is 4.94. The first kappa shape index (κ1) is 19.1. The van der Waals surface area contributed by atoms with Gasteiger partial charge in [0.15, 0.2) is 0 Å². The molecule has 2 aromatic carbocycles. The molecule has 1 saturated heterocycles. The number of rotatable bonds is 6. The van der Waals surface area contributed by atoms with Gasteiger partial charge in [-0.25, -0.2) is 0 Å². The number of halogens is 2. The van der Waals surface area contributed by atoms with E-state index in [-0.39, 0.29) is 0 Å². The molecule has 0 spiro atoms. The summed E-state index contributed by atoms with van der Waals surface area (Å²) < 4.78 is 5.97. The van der Waals surface area contributed by atoms with E-state index in [0.29, 0.717) is 16.7 Å². The number of para-hydroxylation sites is 1. The fourth-order valence-corrected chi connectivity index (χ4v) is 3.28. The maximum Gasteiger partial charge on any atom is 0.126 e. The zero-order valence-electron chi connectivity index (χ0n) is 15.2. The number of ether oxygens (including phenoxy) is 1. The minimum atomic E-state index is 0.592. The largest absolute Gasteiger partial charge is 0.492 e. The Morgan fingerprint density at radius 2 is 1.92 bits per heavy atom. The van der Waals surface area contributed by atoms with Crippen molar-refractivity contribution in [2.45, 2.75) is 6.42 Å². The molecule has 0 N–H and O–H groups in total. The summed E-state index contributed by atoms with van der Waals surface area (Å²) in [6, 6.07) is 14.0. The maximum absolute atomic E-state index is 6.16. The minimum absolute atomic E-state index is 0.592. The van der Waals surface area contributed by atoms with Crippen LogP contribution in [0.4, 0.5) is 5.69 Å². The van der Waals surface area contributed by atoms with Gasteiger partial charge in [0.2, 0.25) is 0 Å². The molecule has 3 nitrogen and oxygen atoms in total. The summed E-state index contributed by atoms with van der Waals surface area (Å²) in [4.78, 5) is 4.44. The van der Waals surface area contributed by atoms with Crippen molar-refractivity contribution in [3.05, 3.63) is 63.6 Å². The summed E-state index contributed by atoms with van der Waals surface area (Å²) in [5, 5.41) is 1.19. The first-order chi connectivity index (χ1) is 12.5. The first-order valence-electron chi connectivity index (χ1n) is 8.79. The van der Waals surface area contributed by atoms with Gasteiger partial charge in [-0.2, -0.15) is 0 Å². The fourth-order valence-electron chi connectivity index (χ4n) is 2.99. The Morgan fingerprint density at radius 1 is 1.12 bits per heavy atom. The number of hydrogen-bond acceptors (Lipinski definition) is 3. The van der Waals surface area contributed by atoms with Crippen LogP contribution in [0, 0.1) is 0 Å². The minimum Gasteiger partial charge on any atom is -0.492 e. The van der Waals surface area contributed by atoms with Gasteiger partial charge in [-0.1, -0.05) is 47.5 Å². The number of anilines is 1. The van der Waals surface area contributed by atoms with E-state index in [2.05, 4.69) is 28.0 Å². The third-order valence-corrected chi connectivity index (χ3v) is 5.18. The topological polar surface area (TPSA) is 15.7 Å². The van der Waals surface area contributed by atoms with Crippen LogP contribution < -0.4 is 9.64 Å². The van der Waals surface area contributed by atoms with Gasteiger partial charge in [0.1, 0.15) is 12.4 Å². The molecule has 3 rings (SSSR count). The standard InChI is InChI=1S/C21H24Cl2N2O/c1-24(2)11-12-26-21-6-4-3-5-17(21)13-16-9-10-25(15-16)18-7-8-19(22)20(23)14-18/h3-8,13-14H,9-12,15H2,1-2H3. The lowest BCUT2D eigenvalue weighted by molar-refractivity contribution is 0.261. The van der Waals surface area contributed by atoms with E-state index in [4.69, 9.17) is 27.9 Å². The maximum atomic E-state index is 6.16. The number of hydrogen-bond donors (Lipinski definition) is 0. The highest BCUT2D eigenvalue weighted by atomic mass is 35.5. The van der Waals surface area contributed by atoms with Crippen LogP contribution in [0.2, 0.25) is 10.0 Å². The fraction of sp³-hybridized carbons (Fsp3) is 0.333. The molecular weight excluding hydrogens is 367 g/mol. The predicted molar refractivity (Wildman–Crippen MR) is 112 cm³/mol. The first-order valence-corrected chi connectivity index (χ1v) is 9.54. The van der Waals surface area contributed by atoms with E-state index in [1.165, 1.54) is 5.57 Å². The van der Waals surface area contributed by atoms with Crippen molar-refractivity contribution < 1.29 is 4.74 Å². The van der Waals surface area contributed by atoms with E-state index in [1.807, 2.05) is 44.4 Å². The number of likely N-dealkylation sites (N-methyl/N-ethyl adjacent to an activating group) is 1. The molecule has 0 aromatic heterocycles. The molecule has 1 fully saturated rings. The van der Waals surface area contributed by atoms with Crippen molar-refractivity contribution in [2.75, 3.05) is 45.2 Å². The van der Waals surface area contributed by atoms with Gasteiger partial charge in [0.25, 0.3) is 0 Å². The van der Waals surface area contributed by atoms with Crippen LogP contribution in [0.3, 0.4) is 0 Å². The van der Waals surface area contributed by atoms with Crippen molar-refractivity contribution in [3.8, 4) is 5.75 Å². The molecule has 0 radical (unpaired) electrons. The normalized spacial score (nSPS) is 15.9. The molecule has 138 valence electrons. The van der Waals surface area contributed by atoms with Crippen LogP contribution in [-0.2, 0) is 0 Å². The van der Waals surface area contributed by atoms with Crippen molar-refractivity contribution in [3.63, 3.8) is 0 Å². The number of benzene rings is 2. The third-order valence-electron chi connectivity index (χ3n) is 4.44. The highest BCUT2D eigenvalue weighted by Gasteiger charge is 2.18. The molecule has 1 aliphatic heterocycles. The Morgan fingerprint density at radius 3 is 2.69 bits per heavy atom. The van der Waals surface area contributed by atoms with Crippen LogP contribution in [0.25, 0.3) is 6.08 Å². The van der Waals surface area contributed by atoms with Gasteiger partial charge in [-0.3, -0.25) is 0 Å². The molecule has 0 bridgehead atoms. The monoisotopic (exact) mass is 390 g/mol. The van der Waals surface area contributed by atoms with Gasteiger partial charge in [0.05, 0.1) is 10.0 Å². The molecule has 1 aliphatic rings. The molecule has 26 heavy (non-hydrogen) atoms. The van der Waals surface area contributed by atoms with Crippen LogP contribution in [0.1, 0.15) is 12.0 Å². The molecule has 0 saturated carbocycles. The molecule has 1 heterocycles. The Balaban J connectivity index is 1.70. The van der Waals surface area contributed by atoms with Crippen molar-refractivity contribution in [2.24, 2.45) is 0 Å². The molecular formula is C21H24Cl2N2O. The van der Waals surface area contributed by atoms with E-state index in [0.717, 1.165) is 43.1 Å². The van der Waals surface area contributed by atoms with Gasteiger partial charge in [-0.05, 0) is 50.4 Å². The molecule has 5 heteroatoms. The Hall–Kier alpha value is -1.68. The molecule has 0 aliphatic carbocycles. The average Bonchev–Trinajstić information content (AvgIpc) is 3.07. The SMILES string of the molecule is CN(C)CCOc1ccccc1C=C1CCN(c2ccc(Cl)c(Cl)c2)C1. The lowest BCUT2D eigenvalue weighted by Gasteiger charge is -2.18. The van der Waals surface area contributed by atoms with Crippen LogP contribution >= 0.6 is 23.2 Å². The quantitative estimate of drug-likeness (QED) is 0.671. The van der Waals surface area contributed by atoms with E-state index in [1.54, 1.807) is 0 Å². The second-order valence-electron chi connectivity index (χ2n) is 6.76. The number of nitrogens with zero attached hydrogens (tertiary/aromatic N) is 2. The zero-order valence-corrected chi connectivity index (χ0v) is 16.7.